The number of piperidine rings is 1. The van der Waals surface area contributed by atoms with Gasteiger partial charge in [-0.15, -0.1) is 0 Å². The normalized spacial score (nSPS) is 19.6. The quantitative estimate of drug-likeness (QED) is 0.783. The molecule has 1 unspecified atom stereocenters. The van der Waals surface area contributed by atoms with Crippen LogP contribution in [0.25, 0.3) is 0 Å². The lowest BCUT2D eigenvalue weighted by atomic mass is 10.0. The lowest BCUT2D eigenvalue weighted by Crippen LogP contribution is -2.49. The molecule has 17 heavy (non-hydrogen) atoms. The van der Waals surface area contributed by atoms with Gasteiger partial charge in [0.15, 0.2) is 0 Å². The van der Waals surface area contributed by atoms with Crippen LogP contribution < -0.4 is 10.6 Å². The number of nitrogens with zero attached hydrogens (tertiary/aromatic N) is 1. The van der Waals surface area contributed by atoms with E-state index in [0.717, 1.165) is 0 Å². The van der Waals surface area contributed by atoms with Gasteiger partial charge in [0.05, 0.1) is 0 Å². The molecule has 1 aliphatic heterocycles. The fourth-order valence-electron chi connectivity index (χ4n) is 1.64. The Labute approximate surface area is 98.9 Å². The monoisotopic (exact) mass is 231 g/mol. The zero-order chi connectivity index (χ0) is 12.3. The second-order valence-electron chi connectivity index (χ2n) is 3.87. The second kappa shape index (κ2) is 4.78. The number of rotatable bonds is 2. The molecule has 2 heterocycles. The van der Waals surface area contributed by atoms with Gasteiger partial charge in [0, 0.05) is 11.9 Å². The topological polar surface area (TPSA) is 71.1 Å². The van der Waals surface area contributed by atoms with Gasteiger partial charge in [-0.3, -0.25) is 14.6 Å². The predicted molar refractivity (Wildman–Crippen MR) is 62.0 cm³/mol. The maximum Gasteiger partial charge on any atom is 0.270 e. The molecule has 2 amide bonds. The Hall–Kier alpha value is -2.17. The third kappa shape index (κ3) is 2.69. The van der Waals surface area contributed by atoms with E-state index < -0.39 is 6.04 Å². The van der Waals surface area contributed by atoms with Crippen molar-refractivity contribution in [2.45, 2.75) is 18.9 Å². The van der Waals surface area contributed by atoms with Crippen LogP contribution in [0.2, 0.25) is 0 Å². The van der Waals surface area contributed by atoms with E-state index >= 15 is 0 Å². The Kier molecular flexibility index (Phi) is 3.18. The molecular weight excluding hydrogens is 218 g/mol. The lowest BCUT2D eigenvalue weighted by Gasteiger charge is -2.24. The Morgan fingerprint density at radius 1 is 1.53 bits per heavy atom. The maximum absolute atomic E-state index is 11.8. The van der Waals surface area contributed by atoms with E-state index in [9.17, 15) is 9.59 Å². The predicted octanol–water partition coefficient (Wildman–Crippen LogP) is 0.604. The van der Waals surface area contributed by atoms with Crippen LogP contribution in [0.4, 0.5) is 0 Å². The van der Waals surface area contributed by atoms with Gasteiger partial charge in [-0.1, -0.05) is 12.6 Å². The van der Waals surface area contributed by atoms with Gasteiger partial charge < -0.3 is 10.6 Å². The molecule has 1 fully saturated rings. The highest BCUT2D eigenvalue weighted by Gasteiger charge is 2.25. The summed E-state index contributed by atoms with van der Waals surface area (Å²) in [6, 6.07) is 4.56. The summed E-state index contributed by atoms with van der Waals surface area (Å²) in [5, 5.41) is 5.27. The number of hydrogen-bond acceptors (Lipinski definition) is 3. The Balaban J connectivity index is 2.00. The minimum Gasteiger partial charge on any atom is -0.339 e. The van der Waals surface area contributed by atoms with Crippen molar-refractivity contribution in [1.29, 1.82) is 0 Å². The zero-order valence-electron chi connectivity index (χ0n) is 9.27. The average Bonchev–Trinajstić information content (AvgIpc) is 2.34. The molecule has 0 bridgehead atoms. The van der Waals surface area contributed by atoms with Crippen molar-refractivity contribution in [3.63, 3.8) is 0 Å². The van der Waals surface area contributed by atoms with Crippen LogP contribution >= 0.6 is 0 Å². The van der Waals surface area contributed by atoms with Crippen molar-refractivity contribution in [3.8, 4) is 0 Å². The number of pyridine rings is 1. The minimum absolute atomic E-state index is 0.217. The first-order valence-corrected chi connectivity index (χ1v) is 5.37. The molecule has 1 atom stereocenters. The van der Waals surface area contributed by atoms with Crippen molar-refractivity contribution >= 4 is 11.8 Å². The molecule has 1 saturated heterocycles. The molecule has 0 aliphatic carbocycles. The van der Waals surface area contributed by atoms with Crippen LogP contribution in [0.1, 0.15) is 23.3 Å². The summed E-state index contributed by atoms with van der Waals surface area (Å²) in [7, 11) is 0. The van der Waals surface area contributed by atoms with Gasteiger partial charge in [0.25, 0.3) is 5.91 Å². The Morgan fingerprint density at radius 2 is 2.35 bits per heavy atom. The molecule has 1 aliphatic rings. The number of nitrogens with one attached hydrogen (secondary N) is 2. The summed E-state index contributed by atoms with van der Waals surface area (Å²) in [6.07, 6.45) is 2.79. The molecule has 1 aromatic heterocycles. The fourth-order valence-corrected chi connectivity index (χ4v) is 1.64. The molecule has 5 heteroatoms. The highest BCUT2D eigenvalue weighted by molar-refractivity contribution is 5.96. The highest BCUT2D eigenvalue weighted by Crippen LogP contribution is 2.10. The van der Waals surface area contributed by atoms with E-state index in [1.165, 1.54) is 6.20 Å². The SMILES string of the molecule is C=C1CCC(NC(=O)c2ccccn2)C(=O)N1. The van der Waals surface area contributed by atoms with Crippen molar-refractivity contribution in [2.75, 3.05) is 0 Å². The number of hydrogen-bond donors (Lipinski definition) is 2. The van der Waals surface area contributed by atoms with Crippen LogP contribution in [-0.4, -0.2) is 22.8 Å². The number of allylic oxidation sites excluding steroid dienone is 1. The lowest BCUT2D eigenvalue weighted by molar-refractivity contribution is -0.123. The molecule has 88 valence electrons. The van der Waals surface area contributed by atoms with E-state index in [1.807, 2.05) is 0 Å². The van der Waals surface area contributed by atoms with Gasteiger partial charge in [-0.05, 0) is 25.0 Å². The highest BCUT2D eigenvalue weighted by atomic mass is 16.2. The molecule has 0 saturated carbocycles. The standard InChI is InChI=1S/C12H13N3O2/c1-8-5-6-10(12(17)14-8)15-11(16)9-4-2-3-7-13-9/h2-4,7,10H,1,5-6H2,(H,14,17)(H,15,16). The summed E-state index contributed by atoms with van der Waals surface area (Å²) in [4.78, 5) is 27.3. The van der Waals surface area contributed by atoms with E-state index in [1.54, 1.807) is 18.2 Å². The first-order valence-electron chi connectivity index (χ1n) is 5.37. The molecule has 2 rings (SSSR count). The van der Waals surface area contributed by atoms with E-state index in [4.69, 9.17) is 0 Å². The second-order valence-corrected chi connectivity index (χ2v) is 3.87. The smallest absolute Gasteiger partial charge is 0.270 e. The first-order chi connectivity index (χ1) is 8.16. The van der Waals surface area contributed by atoms with E-state index in [-0.39, 0.29) is 11.8 Å². The first kappa shape index (κ1) is 11.3. The van der Waals surface area contributed by atoms with Gasteiger partial charge in [-0.25, -0.2) is 0 Å². The van der Waals surface area contributed by atoms with Crippen LogP contribution in [0, 0.1) is 0 Å². The van der Waals surface area contributed by atoms with Gasteiger partial charge in [0.1, 0.15) is 11.7 Å². The summed E-state index contributed by atoms with van der Waals surface area (Å²) < 4.78 is 0. The van der Waals surface area contributed by atoms with Crippen molar-refractivity contribution in [2.24, 2.45) is 0 Å². The largest absolute Gasteiger partial charge is 0.339 e. The summed E-state index contributed by atoms with van der Waals surface area (Å²) in [5.41, 5.74) is 1.00. The number of aromatic nitrogens is 1. The fraction of sp³-hybridized carbons (Fsp3) is 0.250. The van der Waals surface area contributed by atoms with Crippen LogP contribution in [0.5, 0.6) is 0 Å². The molecule has 2 N–H and O–H groups in total. The third-order valence-electron chi connectivity index (χ3n) is 2.55. The molecular formula is C12H13N3O2. The summed E-state index contributed by atoms with van der Waals surface area (Å²) in [5.74, 6) is -0.552. The van der Waals surface area contributed by atoms with E-state index in [2.05, 4.69) is 22.2 Å². The van der Waals surface area contributed by atoms with Gasteiger partial charge >= 0.3 is 0 Å². The molecule has 0 spiro atoms. The number of amides is 2. The van der Waals surface area contributed by atoms with Crippen molar-refractivity contribution in [3.05, 3.63) is 42.4 Å². The zero-order valence-corrected chi connectivity index (χ0v) is 9.27. The Morgan fingerprint density at radius 3 is 3.00 bits per heavy atom. The van der Waals surface area contributed by atoms with Crippen LogP contribution in [0.3, 0.4) is 0 Å². The molecule has 0 radical (unpaired) electrons. The van der Waals surface area contributed by atoms with Crippen molar-refractivity contribution in [1.82, 2.24) is 15.6 Å². The summed E-state index contributed by atoms with van der Waals surface area (Å²) >= 11 is 0. The number of carbonyl (C=O) groups excluding carboxylic acids is 2. The maximum atomic E-state index is 11.8. The minimum atomic E-state index is -0.505. The molecule has 0 aromatic carbocycles. The van der Waals surface area contributed by atoms with Gasteiger partial charge in [-0.2, -0.15) is 0 Å². The van der Waals surface area contributed by atoms with Crippen LogP contribution in [0.15, 0.2) is 36.7 Å². The Bertz CT molecular complexity index is 456. The van der Waals surface area contributed by atoms with E-state index in [0.29, 0.717) is 24.2 Å². The van der Waals surface area contributed by atoms with Crippen molar-refractivity contribution < 1.29 is 9.59 Å². The van der Waals surface area contributed by atoms with Gasteiger partial charge in [0.2, 0.25) is 5.91 Å². The average molecular weight is 231 g/mol. The molecule has 5 nitrogen and oxygen atoms in total. The third-order valence-corrected chi connectivity index (χ3v) is 2.55. The number of carbonyl (C=O) groups is 2. The molecule has 1 aromatic rings. The van der Waals surface area contributed by atoms with Crippen LogP contribution in [-0.2, 0) is 4.79 Å². The summed E-state index contributed by atoms with van der Waals surface area (Å²) in [6.45, 7) is 3.68.